The third-order valence-electron chi connectivity index (χ3n) is 0.822. The van der Waals surface area contributed by atoms with Crippen LogP contribution >= 0.6 is 0 Å². The average molecular weight is 150 g/mol. The second kappa shape index (κ2) is 2.56. The lowest BCUT2D eigenvalue weighted by molar-refractivity contribution is -0.667. The molecule has 0 saturated carbocycles. The number of hydrogen-bond donors (Lipinski definition) is 1. The molecule has 0 spiro atoms. The van der Waals surface area contributed by atoms with Gasteiger partial charge in [-0.1, -0.05) is 0 Å². The molecule has 0 saturated heterocycles. The predicted octanol–water partition coefficient (Wildman–Crippen LogP) is -0.752. The first-order valence-corrected chi connectivity index (χ1v) is 2.35. The van der Waals surface area contributed by atoms with Crippen LogP contribution in [0.1, 0.15) is 6.92 Å². The monoisotopic (exact) mass is 150 g/mol. The van der Waals surface area contributed by atoms with Gasteiger partial charge in [0.25, 0.3) is 6.54 Å². The zero-order chi connectivity index (χ0) is 8.36. The molecule has 58 valence electrons. The molecule has 1 unspecified atom stereocenters. The number of rotatable bonds is 3. The standard InChI is InChI=1S/C3H6N2O5/c1-3(6,5(9)10)2-4(7)8/h6H,2H2,1H3. The van der Waals surface area contributed by atoms with E-state index < -0.39 is 22.1 Å². The maximum Gasteiger partial charge on any atom is 0.383 e. The highest BCUT2D eigenvalue weighted by molar-refractivity contribution is 4.53. The molecule has 0 heterocycles. The summed E-state index contributed by atoms with van der Waals surface area (Å²) in [6.07, 6.45) is 0. The van der Waals surface area contributed by atoms with Crippen molar-refractivity contribution in [2.45, 2.75) is 12.6 Å². The Labute approximate surface area is 55.6 Å². The van der Waals surface area contributed by atoms with Gasteiger partial charge in [-0.15, -0.1) is 0 Å². The van der Waals surface area contributed by atoms with Crippen LogP contribution in [0.15, 0.2) is 0 Å². The molecule has 0 aliphatic rings. The summed E-state index contributed by atoms with van der Waals surface area (Å²) < 4.78 is 0. The number of aliphatic hydroxyl groups is 1. The van der Waals surface area contributed by atoms with E-state index in [4.69, 9.17) is 5.11 Å². The first-order chi connectivity index (χ1) is 4.36. The topological polar surface area (TPSA) is 107 Å². The smallest absolute Gasteiger partial charge is 0.326 e. The van der Waals surface area contributed by atoms with Gasteiger partial charge >= 0.3 is 5.72 Å². The molecule has 0 aliphatic heterocycles. The van der Waals surface area contributed by atoms with Crippen LogP contribution in [0, 0.1) is 20.2 Å². The van der Waals surface area contributed by atoms with Crippen molar-refractivity contribution in [3.8, 4) is 0 Å². The normalized spacial score (nSPS) is 15.8. The highest BCUT2D eigenvalue weighted by Gasteiger charge is 2.40. The van der Waals surface area contributed by atoms with Gasteiger partial charge in [0.2, 0.25) is 0 Å². The molecule has 0 fully saturated rings. The Morgan fingerprint density at radius 3 is 2.00 bits per heavy atom. The Morgan fingerprint density at radius 2 is 1.90 bits per heavy atom. The molecule has 7 heteroatoms. The predicted molar refractivity (Wildman–Crippen MR) is 29.5 cm³/mol. The second-order valence-corrected chi connectivity index (χ2v) is 1.96. The van der Waals surface area contributed by atoms with Crippen molar-refractivity contribution in [1.29, 1.82) is 0 Å². The van der Waals surface area contributed by atoms with Crippen LogP contribution in [0.3, 0.4) is 0 Å². The van der Waals surface area contributed by atoms with E-state index in [-0.39, 0.29) is 0 Å². The molecule has 0 aromatic rings. The molecule has 10 heavy (non-hydrogen) atoms. The number of nitrogens with zero attached hydrogens (tertiary/aromatic N) is 2. The average Bonchev–Trinajstić information content (AvgIpc) is 1.60. The van der Waals surface area contributed by atoms with E-state index in [9.17, 15) is 20.2 Å². The third kappa shape index (κ3) is 2.35. The summed E-state index contributed by atoms with van der Waals surface area (Å²) in [7, 11) is 0. The molecule has 0 aliphatic carbocycles. The van der Waals surface area contributed by atoms with Gasteiger partial charge in [0.1, 0.15) is 0 Å². The molecule has 0 rings (SSSR count). The Hall–Kier alpha value is -1.24. The first-order valence-electron chi connectivity index (χ1n) is 2.35. The molecule has 0 aromatic carbocycles. The Morgan fingerprint density at radius 1 is 1.50 bits per heavy atom. The van der Waals surface area contributed by atoms with Crippen molar-refractivity contribution >= 4 is 0 Å². The van der Waals surface area contributed by atoms with Crippen molar-refractivity contribution in [1.82, 2.24) is 0 Å². The highest BCUT2D eigenvalue weighted by atomic mass is 16.7. The minimum atomic E-state index is -2.45. The van der Waals surface area contributed by atoms with Gasteiger partial charge in [-0.3, -0.25) is 20.2 Å². The molecule has 7 nitrogen and oxygen atoms in total. The van der Waals surface area contributed by atoms with Crippen LogP contribution in [0.4, 0.5) is 0 Å². The van der Waals surface area contributed by atoms with E-state index in [1.54, 1.807) is 0 Å². The van der Waals surface area contributed by atoms with E-state index >= 15 is 0 Å². The fraction of sp³-hybridized carbons (Fsp3) is 1.00. The van der Waals surface area contributed by atoms with E-state index in [0.717, 1.165) is 6.92 Å². The molecule has 1 N–H and O–H groups in total. The maximum absolute atomic E-state index is 9.81. The van der Waals surface area contributed by atoms with Crippen LogP contribution in [0.5, 0.6) is 0 Å². The summed E-state index contributed by atoms with van der Waals surface area (Å²) in [6.45, 7) is -0.310. The minimum absolute atomic E-state index is 0.774. The quantitative estimate of drug-likeness (QED) is 0.323. The van der Waals surface area contributed by atoms with Gasteiger partial charge < -0.3 is 5.11 Å². The van der Waals surface area contributed by atoms with Gasteiger partial charge in [0.15, 0.2) is 0 Å². The Balaban J connectivity index is 4.13. The lowest BCUT2D eigenvalue weighted by Crippen LogP contribution is -2.41. The molecule has 0 aromatic heterocycles. The van der Waals surface area contributed by atoms with Crippen molar-refractivity contribution in [2.75, 3.05) is 6.54 Å². The summed E-state index contributed by atoms with van der Waals surface area (Å²) in [6, 6.07) is 0. The molecule has 0 amide bonds. The lowest BCUT2D eigenvalue weighted by Gasteiger charge is -2.07. The summed E-state index contributed by atoms with van der Waals surface area (Å²) >= 11 is 0. The summed E-state index contributed by atoms with van der Waals surface area (Å²) in [5.41, 5.74) is -2.45. The van der Waals surface area contributed by atoms with Gasteiger partial charge in [-0.25, -0.2) is 0 Å². The largest absolute Gasteiger partial charge is 0.383 e. The van der Waals surface area contributed by atoms with E-state index in [2.05, 4.69) is 0 Å². The van der Waals surface area contributed by atoms with Crippen LogP contribution in [0.25, 0.3) is 0 Å². The molecule has 1 atom stereocenters. The molecular formula is C3H6N2O5. The van der Waals surface area contributed by atoms with Crippen LogP contribution < -0.4 is 0 Å². The molecular weight excluding hydrogens is 144 g/mol. The van der Waals surface area contributed by atoms with Crippen LogP contribution in [-0.2, 0) is 0 Å². The van der Waals surface area contributed by atoms with Gasteiger partial charge in [-0.05, 0) is 0 Å². The van der Waals surface area contributed by atoms with E-state index in [1.807, 2.05) is 0 Å². The summed E-state index contributed by atoms with van der Waals surface area (Å²) in [5, 5.41) is 28.1. The van der Waals surface area contributed by atoms with Crippen molar-refractivity contribution in [3.05, 3.63) is 20.2 Å². The van der Waals surface area contributed by atoms with Gasteiger partial charge in [0, 0.05) is 11.8 Å². The second-order valence-electron chi connectivity index (χ2n) is 1.96. The molecule has 0 bridgehead atoms. The zero-order valence-corrected chi connectivity index (χ0v) is 5.18. The first kappa shape index (κ1) is 8.76. The number of nitro groups is 2. The number of hydrogen-bond acceptors (Lipinski definition) is 5. The highest BCUT2D eigenvalue weighted by Crippen LogP contribution is 2.02. The van der Waals surface area contributed by atoms with Crippen molar-refractivity contribution < 1.29 is 15.0 Å². The van der Waals surface area contributed by atoms with E-state index in [0.29, 0.717) is 0 Å². The van der Waals surface area contributed by atoms with Gasteiger partial charge in [-0.2, -0.15) is 0 Å². The van der Waals surface area contributed by atoms with Crippen molar-refractivity contribution in [3.63, 3.8) is 0 Å². The van der Waals surface area contributed by atoms with E-state index in [1.165, 1.54) is 0 Å². The SMILES string of the molecule is CC(O)(C[N+](=O)[O-])[N+](=O)[O-]. The lowest BCUT2D eigenvalue weighted by atomic mass is 10.3. The summed E-state index contributed by atoms with van der Waals surface area (Å²) in [5.74, 6) is 0. The van der Waals surface area contributed by atoms with Crippen LogP contribution in [0.2, 0.25) is 0 Å². The Bertz CT molecular complexity index is 164. The molecule has 0 radical (unpaired) electrons. The zero-order valence-electron chi connectivity index (χ0n) is 5.18. The summed E-state index contributed by atoms with van der Waals surface area (Å²) in [4.78, 5) is 17.4. The Kier molecular flexibility index (Phi) is 2.25. The van der Waals surface area contributed by atoms with Crippen molar-refractivity contribution in [2.24, 2.45) is 0 Å². The van der Waals surface area contributed by atoms with Crippen LogP contribution in [-0.4, -0.2) is 27.2 Å². The minimum Gasteiger partial charge on any atom is -0.326 e. The third-order valence-corrected chi connectivity index (χ3v) is 0.822. The maximum atomic E-state index is 9.81. The fourth-order valence-electron chi connectivity index (χ4n) is 0.302. The van der Waals surface area contributed by atoms with Gasteiger partial charge in [0.05, 0.1) is 4.92 Å². The fourth-order valence-corrected chi connectivity index (χ4v) is 0.302.